The number of aliphatic hydroxyl groups is 1. The van der Waals surface area contributed by atoms with Gasteiger partial charge in [-0.15, -0.1) is 0 Å². The van der Waals surface area contributed by atoms with Gasteiger partial charge in [-0.2, -0.15) is 0 Å². The lowest BCUT2D eigenvalue weighted by Crippen LogP contribution is -2.33. The largest absolute Gasteiger partial charge is 0.480 e. The number of anilines is 1. The Balaban J connectivity index is 2.20. The number of H-pyrrole nitrogens is 1. The van der Waals surface area contributed by atoms with Crippen molar-refractivity contribution in [1.29, 1.82) is 0 Å². The number of carboxylic acid groups (broad SMARTS) is 1. The molecule has 0 unspecified atom stereocenters. The van der Waals surface area contributed by atoms with E-state index in [0.29, 0.717) is 29.1 Å². The smallest absolute Gasteiger partial charge is 0.330 e. The zero-order valence-corrected chi connectivity index (χ0v) is 15.8. The number of amides is 2. The number of aromatic nitrogens is 2. The van der Waals surface area contributed by atoms with Gasteiger partial charge in [-0.25, -0.2) is 19.6 Å². The minimum absolute atomic E-state index is 0.165. The molecule has 0 bridgehead atoms. The Labute approximate surface area is 166 Å². The van der Waals surface area contributed by atoms with Gasteiger partial charge < -0.3 is 31.6 Å². The molecule has 2 aromatic rings. The molecule has 0 saturated heterocycles. The third-order valence-corrected chi connectivity index (χ3v) is 3.73. The second kappa shape index (κ2) is 9.90. The van der Waals surface area contributed by atoms with Crippen LogP contribution >= 0.6 is 0 Å². The van der Waals surface area contributed by atoms with Gasteiger partial charge in [-0.3, -0.25) is 5.32 Å². The molecule has 0 radical (unpaired) electrons. The van der Waals surface area contributed by atoms with E-state index in [-0.39, 0.29) is 12.0 Å². The summed E-state index contributed by atoms with van der Waals surface area (Å²) in [6, 6.07) is 3.67. The molecule has 0 saturated carbocycles. The lowest BCUT2D eigenvalue weighted by Gasteiger charge is -2.07. The van der Waals surface area contributed by atoms with E-state index >= 15 is 0 Å². The van der Waals surface area contributed by atoms with Crippen molar-refractivity contribution >= 4 is 40.5 Å². The van der Waals surface area contributed by atoms with Gasteiger partial charge in [-0.1, -0.05) is 18.7 Å². The molecule has 0 aliphatic rings. The number of allylic oxidation sites excluding steroid dienone is 2. The number of carbonyl (C=O) groups is 2. The van der Waals surface area contributed by atoms with E-state index < -0.39 is 18.6 Å². The quantitative estimate of drug-likeness (QED) is 0.192. The number of nitrogens with two attached hydrogens (primary N) is 1. The highest BCUT2D eigenvalue weighted by Gasteiger charge is 2.14. The summed E-state index contributed by atoms with van der Waals surface area (Å²) in [6.45, 7) is 5.39. The van der Waals surface area contributed by atoms with Crippen molar-refractivity contribution in [3.05, 3.63) is 42.6 Å². The molecule has 1 aromatic heterocycles. The maximum atomic E-state index is 11.6. The maximum Gasteiger partial charge on any atom is 0.330 e. The fourth-order valence-corrected chi connectivity index (χ4v) is 2.35. The minimum Gasteiger partial charge on any atom is -0.480 e. The first-order valence-electron chi connectivity index (χ1n) is 8.69. The average molecular weight is 401 g/mol. The number of nitrogens with one attached hydrogen (secondary N) is 4. The molecule has 1 aromatic carbocycles. The number of imidazole rings is 1. The minimum atomic E-state index is -1.35. The summed E-state index contributed by atoms with van der Waals surface area (Å²) in [4.78, 5) is 33.5. The van der Waals surface area contributed by atoms with E-state index in [2.05, 4.69) is 37.5 Å². The third kappa shape index (κ3) is 5.81. The van der Waals surface area contributed by atoms with Gasteiger partial charge in [0.2, 0.25) is 5.95 Å². The van der Waals surface area contributed by atoms with Crippen LogP contribution < -0.4 is 21.7 Å². The van der Waals surface area contributed by atoms with Crippen molar-refractivity contribution in [3.63, 3.8) is 0 Å². The third-order valence-electron chi connectivity index (χ3n) is 3.73. The van der Waals surface area contributed by atoms with Crippen LogP contribution in [0.2, 0.25) is 0 Å². The van der Waals surface area contributed by atoms with E-state index in [4.69, 9.17) is 15.9 Å². The van der Waals surface area contributed by atoms with Gasteiger partial charge in [0.1, 0.15) is 0 Å². The Morgan fingerprint density at radius 1 is 1.45 bits per heavy atom. The number of aliphatic imine (C=N–C) groups is 1. The summed E-state index contributed by atoms with van der Waals surface area (Å²) in [5.74, 6) is -1.14. The molecule has 1 atom stereocenters. The summed E-state index contributed by atoms with van der Waals surface area (Å²) >= 11 is 0. The first-order valence-corrected chi connectivity index (χ1v) is 8.69. The second-order valence-corrected chi connectivity index (χ2v) is 5.80. The molecular formula is C18H23N7O4. The monoisotopic (exact) mass is 401 g/mol. The van der Waals surface area contributed by atoms with E-state index in [0.717, 1.165) is 5.56 Å². The number of urea groups is 1. The van der Waals surface area contributed by atoms with Crippen LogP contribution in [0.5, 0.6) is 0 Å². The molecule has 0 fully saturated rings. The van der Waals surface area contributed by atoms with E-state index in [1.54, 1.807) is 18.2 Å². The highest BCUT2D eigenvalue weighted by atomic mass is 16.4. The Kier molecular flexibility index (Phi) is 7.32. The van der Waals surface area contributed by atoms with Crippen LogP contribution in [0.1, 0.15) is 12.5 Å². The number of aliphatic carboxylic acids is 1. The normalized spacial score (nSPS) is 13.0. The van der Waals surface area contributed by atoms with Crippen LogP contribution in [0.4, 0.5) is 10.7 Å². The molecule has 11 heteroatoms. The number of aliphatic hydroxyl groups excluding tert-OH is 1. The molecule has 0 spiro atoms. The highest BCUT2D eigenvalue weighted by Crippen LogP contribution is 2.21. The number of carboxylic acids is 1. The Morgan fingerprint density at radius 3 is 2.83 bits per heavy atom. The first kappa shape index (κ1) is 21.4. The van der Waals surface area contributed by atoms with Crippen molar-refractivity contribution < 1.29 is 19.8 Å². The first-order chi connectivity index (χ1) is 13.9. The number of carbonyl (C=O) groups excluding carboxylic acids is 1. The molecule has 29 heavy (non-hydrogen) atoms. The summed E-state index contributed by atoms with van der Waals surface area (Å²) in [5, 5.41) is 25.8. The van der Waals surface area contributed by atoms with Gasteiger partial charge in [0.15, 0.2) is 12.0 Å². The van der Waals surface area contributed by atoms with Gasteiger partial charge in [-0.05, 0) is 30.2 Å². The van der Waals surface area contributed by atoms with Crippen LogP contribution in [0.25, 0.3) is 16.6 Å². The van der Waals surface area contributed by atoms with E-state index in [9.17, 15) is 9.59 Å². The SMILES string of the molecule is C=C/C(=C\NC(N)=N[C@@H](CO)C(=O)O)c1ccc2nc(NC(=O)NCC)[nH]c2c1. The number of aromatic amines is 1. The average Bonchev–Trinajstić information content (AvgIpc) is 3.07. The van der Waals surface area contributed by atoms with Crippen LogP contribution in [0.15, 0.2) is 42.0 Å². The van der Waals surface area contributed by atoms with E-state index in [1.807, 2.05) is 13.0 Å². The number of hydrogen-bond donors (Lipinski definition) is 7. The lowest BCUT2D eigenvalue weighted by atomic mass is 10.1. The Hall–Kier alpha value is -3.86. The van der Waals surface area contributed by atoms with Gasteiger partial charge >= 0.3 is 12.0 Å². The standard InChI is InChI=1S/C18H23N7O4/c1-3-10(8-21-16(19)22-14(9-26)15(27)28)11-5-6-12-13(7-11)24-17(23-12)25-18(29)20-4-2/h3,5-8,14,26H,1,4,9H2,2H3,(H,27,28)(H3,19,21,22)(H3,20,23,24,25,29)/b10-8+/t14-/m0/s1. The number of hydrogen-bond acceptors (Lipinski definition) is 5. The fourth-order valence-electron chi connectivity index (χ4n) is 2.35. The zero-order valence-electron chi connectivity index (χ0n) is 15.8. The highest BCUT2D eigenvalue weighted by molar-refractivity contribution is 5.91. The summed E-state index contributed by atoms with van der Waals surface area (Å²) in [6.07, 6.45) is 3.08. The molecule has 2 rings (SSSR count). The van der Waals surface area contributed by atoms with Crippen molar-refractivity contribution in [1.82, 2.24) is 20.6 Å². The van der Waals surface area contributed by atoms with Crippen LogP contribution in [0, 0.1) is 0 Å². The summed E-state index contributed by atoms with van der Waals surface area (Å²) in [5.41, 5.74) is 8.41. The Morgan fingerprint density at radius 2 is 2.21 bits per heavy atom. The van der Waals surface area contributed by atoms with E-state index in [1.165, 1.54) is 6.20 Å². The van der Waals surface area contributed by atoms with Crippen LogP contribution in [-0.4, -0.2) is 57.3 Å². The molecule has 0 aliphatic carbocycles. The van der Waals surface area contributed by atoms with Crippen molar-refractivity contribution in [2.75, 3.05) is 18.5 Å². The van der Waals surface area contributed by atoms with Gasteiger partial charge in [0.25, 0.3) is 0 Å². The number of guanidine groups is 1. The summed E-state index contributed by atoms with van der Waals surface area (Å²) in [7, 11) is 0. The van der Waals surface area contributed by atoms with Crippen LogP contribution in [0.3, 0.4) is 0 Å². The Bertz CT molecular complexity index is 964. The summed E-state index contributed by atoms with van der Waals surface area (Å²) < 4.78 is 0. The predicted molar refractivity (Wildman–Crippen MR) is 110 cm³/mol. The number of fused-ring (bicyclic) bond motifs is 1. The fraction of sp³-hybridized carbons (Fsp3) is 0.222. The van der Waals surface area contributed by atoms with Crippen molar-refractivity contribution in [2.24, 2.45) is 10.7 Å². The zero-order chi connectivity index (χ0) is 21.4. The van der Waals surface area contributed by atoms with Crippen molar-refractivity contribution in [3.8, 4) is 0 Å². The number of nitrogens with zero attached hydrogens (tertiary/aromatic N) is 2. The van der Waals surface area contributed by atoms with Gasteiger partial charge in [0.05, 0.1) is 17.6 Å². The maximum absolute atomic E-state index is 11.6. The topological polar surface area (TPSA) is 178 Å². The predicted octanol–water partition coefficient (Wildman–Crippen LogP) is 0.581. The molecular weight excluding hydrogens is 378 g/mol. The molecule has 2 amide bonds. The number of rotatable bonds is 8. The van der Waals surface area contributed by atoms with Gasteiger partial charge in [0, 0.05) is 12.7 Å². The van der Waals surface area contributed by atoms with Crippen molar-refractivity contribution in [2.45, 2.75) is 13.0 Å². The lowest BCUT2D eigenvalue weighted by molar-refractivity contribution is -0.139. The second-order valence-electron chi connectivity index (χ2n) is 5.80. The molecule has 1 heterocycles. The molecule has 0 aliphatic heterocycles. The van der Waals surface area contributed by atoms with Crippen LogP contribution in [-0.2, 0) is 4.79 Å². The molecule has 8 N–H and O–H groups in total. The molecule has 154 valence electrons. The molecule has 11 nitrogen and oxygen atoms in total. The number of benzene rings is 1.